The smallest absolute Gasteiger partial charge is 0.325 e. The molecule has 1 aliphatic heterocycles. The molecular formula is C20H22BrN5O3. The molecule has 2 aromatic rings. The zero-order chi connectivity index (χ0) is 20.4. The largest absolute Gasteiger partial charge is 0.352 e. The lowest BCUT2D eigenvalue weighted by Crippen LogP contribution is -2.44. The number of nitrogens with zero attached hydrogens (tertiary/aromatic N) is 3. The highest BCUT2D eigenvalue weighted by atomic mass is 79.9. The third kappa shape index (κ3) is 3.91. The molecule has 2 aliphatic rings. The van der Waals surface area contributed by atoms with Crippen LogP contribution in [-0.4, -0.2) is 51.2 Å². The predicted molar refractivity (Wildman–Crippen MR) is 110 cm³/mol. The van der Waals surface area contributed by atoms with Gasteiger partial charge >= 0.3 is 6.03 Å². The number of amides is 4. The fourth-order valence-corrected chi connectivity index (χ4v) is 4.23. The summed E-state index contributed by atoms with van der Waals surface area (Å²) >= 11 is 3.35. The molecule has 0 unspecified atom stereocenters. The number of rotatable bonds is 6. The molecule has 152 valence electrons. The molecule has 1 saturated carbocycles. The number of aromatic nitrogens is 2. The van der Waals surface area contributed by atoms with Crippen LogP contribution in [0.5, 0.6) is 0 Å². The molecule has 8 nitrogen and oxygen atoms in total. The summed E-state index contributed by atoms with van der Waals surface area (Å²) in [4.78, 5) is 38.3. The third-order valence-electron chi connectivity index (χ3n) is 5.49. The normalized spacial score (nSPS) is 17.8. The van der Waals surface area contributed by atoms with Crippen molar-refractivity contribution in [2.45, 2.75) is 37.6 Å². The number of nitrogens with one attached hydrogen (secondary N) is 2. The van der Waals surface area contributed by atoms with Crippen molar-refractivity contribution >= 4 is 33.8 Å². The van der Waals surface area contributed by atoms with Gasteiger partial charge in [0.2, 0.25) is 0 Å². The van der Waals surface area contributed by atoms with E-state index in [0.717, 1.165) is 35.8 Å². The number of urea groups is 1. The number of imide groups is 1. The molecule has 1 aromatic heterocycles. The SMILES string of the molecule is O=C(NCCCN1C(=O)NC2(CCCC2)C1=O)c1ccc(-n2cc(Br)cn2)cc1. The molecule has 1 aromatic carbocycles. The van der Waals surface area contributed by atoms with E-state index < -0.39 is 5.54 Å². The highest BCUT2D eigenvalue weighted by Crippen LogP contribution is 2.34. The van der Waals surface area contributed by atoms with E-state index in [0.29, 0.717) is 25.1 Å². The average molecular weight is 460 g/mol. The lowest BCUT2D eigenvalue weighted by Gasteiger charge is -2.20. The average Bonchev–Trinajstić information content (AvgIpc) is 3.42. The Hall–Kier alpha value is -2.68. The summed E-state index contributed by atoms with van der Waals surface area (Å²) in [6.45, 7) is 0.691. The first-order valence-electron chi connectivity index (χ1n) is 9.71. The molecule has 1 saturated heterocycles. The molecule has 2 N–H and O–H groups in total. The van der Waals surface area contributed by atoms with Gasteiger partial charge in [-0.15, -0.1) is 0 Å². The maximum atomic E-state index is 12.6. The summed E-state index contributed by atoms with van der Waals surface area (Å²) < 4.78 is 2.59. The fraction of sp³-hybridized carbons (Fsp3) is 0.400. The maximum Gasteiger partial charge on any atom is 0.325 e. The minimum Gasteiger partial charge on any atom is -0.352 e. The van der Waals surface area contributed by atoms with E-state index in [9.17, 15) is 14.4 Å². The standard InChI is InChI=1S/C20H22BrN5O3/c21-15-12-23-26(13-15)16-6-4-14(5-7-16)17(27)22-10-3-11-25-18(28)20(24-19(25)29)8-1-2-9-20/h4-7,12-13H,1-3,8-11H2,(H,22,27)(H,24,29). The summed E-state index contributed by atoms with van der Waals surface area (Å²) in [5, 5.41) is 9.91. The van der Waals surface area contributed by atoms with Crippen LogP contribution in [0.1, 0.15) is 42.5 Å². The minimum absolute atomic E-state index is 0.118. The van der Waals surface area contributed by atoms with E-state index in [2.05, 4.69) is 31.7 Å². The van der Waals surface area contributed by atoms with Gasteiger partial charge in [0.1, 0.15) is 5.54 Å². The molecule has 9 heteroatoms. The van der Waals surface area contributed by atoms with Gasteiger partial charge in [-0.1, -0.05) is 12.8 Å². The molecule has 29 heavy (non-hydrogen) atoms. The van der Waals surface area contributed by atoms with Crippen LogP contribution in [0, 0.1) is 0 Å². The Morgan fingerprint density at radius 3 is 2.59 bits per heavy atom. The van der Waals surface area contributed by atoms with Gasteiger partial charge in [-0.3, -0.25) is 14.5 Å². The van der Waals surface area contributed by atoms with E-state index in [4.69, 9.17) is 0 Å². The number of carbonyl (C=O) groups excluding carboxylic acids is 3. The topological polar surface area (TPSA) is 96.3 Å². The van der Waals surface area contributed by atoms with Crippen molar-refractivity contribution in [1.82, 2.24) is 25.3 Å². The maximum absolute atomic E-state index is 12.6. The van der Waals surface area contributed by atoms with Gasteiger partial charge in [-0.25, -0.2) is 9.48 Å². The van der Waals surface area contributed by atoms with Crippen LogP contribution in [-0.2, 0) is 4.79 Å². The molecule has 1 spiro atoms. The van der Waals surface area contributed by atoms with Gasteiger partial charge in [0.05, 0.1) is 16.4 Å². The molecule has 4 rings (SSSR count). The van der Waals surface area contributed by atoms with E-state index in [1.165, 1.54) is 4.90 Å². The molecule has 2 fully saturated rings. The zero-order valence-electron chi connectivity index (χ0n) is 15.9. The lowest BCUT2D eigenvalue weighted by molar-refractivity contribution is -0.131. The number of hydrogen-bond acceptors (Lipinski definition) is 4. The Labute approximate surface area is 176 Å². The van der Waals surface area contributed by atoms with Gasteiger partial charge in [-0.05, 0) is 59.5 Å². The Balaban J connectivity index is 1.26. The number of carbonyl (C=O) groups is 3. The quantitative estimate of drug-likeness (QED) is 0.512. The van der Waals surface area contributed by atoms with Gasteiger partial charge < -0.3 is 10.6 Å². The predicted octanol–water partition coefficient (Wildman–Crippen LogP) is 2.62. The van der Waals surface area contributed by atoms with E-state index >= 15 is 0 Å². The summed E-state index contributed by atoms with van der Waals surface area (Å²) in [5.74, 6) is -0.310. The van der Waals surface area contributed by atoms with Gasteiger partial charge in [0.15, 0.2) is 0 Å². The van der Waals surface area contributed by atoms with Crippen LogP contribution in [0.15, 0.2) is 41.1 Å². The Morgan fingerprint density at radius 2 is 1.93 bits per heavy atom. The van der Waals surface area contributed by atoms with Crippen LogP contribution >= 0.6 is 15.9 Å². The summed E-state index contributed by atoms with van der Waals surface area (Å²) in [6, 6.07) is 6.80. The number of halogens is 1. The third-order valence-corrected chi connectivity index (χ3v) is 5.90. The van der Waals surface area contributed by atoms with E-state index in [1.807, 2.05) is 18.3 Å². The zero-order valence-corrected chi connectivity index (χ0v) is 17.4. The summed E-state index contributed by atoms with van der Waals surface area (Å²) in [7, 11) is 0. The Bertz CT molecular complexity index is 934. The highest BCUT2D eigenvalue weighted by Gasteiger charge is 2.51. The van der Waals surface area contributed by atoms with Crippen LogP contribution in [0.4, 0.5) is 4.79 Å². The Morgan fingerprint density at radius 1 is 1.21 bits per heavy atom. The Kier molecular flexibility index (Phi) is 5.40. The van der Waals surface area contributed by atoms with Crippen molar-refractivity contribution in [3.8, 4) is 5.69 Å². The molecule has 0 radical (unpaired) electrons. The van der Waals surface area contributed by atoms with Crippen LogP contribution in [0.2, 0.25) is 0 Å². The molecule has 0 atom stereocenters. The van der Waals surface area contributed by atoms with Crippen molar-refractivity contribution in [3.63, 3.8) is 0 Å². The second kappa shape index (κ2) is 7.98. The summed E-state index contributed by atoms with van der Waals surface area (Å²) in [6.07, 6.45) is 7.41. The van der Waals surface area contributed by atoms with Crippen molar-refractivity contribution in [2.75, 3.05) is 13.1 Å². The summed E-state index contributed by atoms with van der Waals surface area (Å²) in [5.41, 5.74) is 0.721. The van der Waals surface area contributed by atoms with Crippen LogP contribution < -0.4 is 10.6 Å². The number of hydrogen-bond donors (Lipinski definition) is 2. The van der Waals surface area contributed by atoms with Crippen molar-refractivity contribution < 1.29 is 14.4 Å². The van der Waals surface area contributed by atoms with Gasteiger partial charge in [0.25, 0.3) is 11.8 Å². The minimum atomic E-state index is -0.674. The van der Waals surface area contributed by atoms with Crippen molar-refractivity contribution in [3.05, 3.63) is 46.7 Å². The second-order valence-electron chi connectivity index (χ2n) is 7.44. The second-order valence-corrected chi connectivity index (χ2v) is 8.35. The van der Waals surface area contributed by atoms with Crippen molar-refractivity contribution in [2.24, 2.45) is 0 Å². The van der Waals surface area contributed by atoms with Gasteiger partial charge in [0, 0.05) is 24.8 Å². The molecule has 0 bridgehead atoms. The van der Waals surface area contributed by atoms with E-state index in [1.54, 1.807) is 23.0 Å². The first kappa shape index (κ1) is 19.6. The fourth-order valence-electron chi connectivity index (χ4n) is 3.95. The number of benzene rings is 1. The van der Waals surface area contributed by atoms with E-state index in [-0.39, 0.29) is 17.8 Å². The lowest BCUT2D eigenvalue weighted by atomic mass is 9.98. The van der Waals surface area contributed by atoms with Crippen LogP contribution in [0.3, 0.4) is 0 Å². The highest BCUT2D eigenvalue weighted by molar-refractivity contribution is 9.10. The molecule has 2 heterocycles. The monoisotopic (exact) mass is 459 g/mol. The first-order valence-corrected chi connectivity index (χ1v) is 10.5. The first-order chi connectivity index (χ1) is 14.0. The molecular weight excluding hydrogens is 438 g/mol. The van der Waals surface area contributed by atoms with Gasteiger partial charge in [-0.2, -0.15) is 5.10 Å². The molecule has 4 amide bonds. The van der Waals surface area contributed by atoms with Crippen LogP contribution in [0.25, 0.3) is 5.69 Å². The molecule has 1 aliphatic carbocycles. The van der Waals surface area contributed by atoms with Crippen molar-refractivity contribution in [1.29, 1.82) is 0 Å².